The van der Waals surface area contributed by atoms with Crippen LogP contribution in [-0.4, -0.2) is 24.6 Å². The van der Waals surface area contributed by atoms with Gasteiger partial charge in [0.2, 0.25) is 0 Å². The normalized spacial score (nSPS) is 12.4. The molecule has 0 unspecified atom stereocenters. The maximum atomic E-state index is 13.1. The number of thiophene rings is 1. The second-order valence-electron chi connectivity index (χ2n) is 6.63. The van der Waals surface area contributed by atoms with Gasteiger partial charge >= 0.3 is 6.18 Å². The molecule has 0 fully saturated rings. The zero-order valence-electron chi connectivity index (χ0n) is 14.8. The number of aromatic nitrogens is 5. The Bertz CT molecular complexity index is 1390. The Morgan fingerprint density at radius 2 is 1.90 bits per heavy atom. The van der Waals surface area contributed by atoms with Gasteiger partial charge in [-0.25, -0.2) is 19.5 Å². The lowest BCUT2D eigenvalue weighted by atomic mass is 10.1. The first kappa shape index (κ1) is 18.3. The Balaban J connectivity index is 1.67. The molecule has 5 nitrogen and oxygen atoms in total. The van der Waals surface area contributed by atoms with E-state index in [0.29, 0.717) is 44.1 Å². The van der Waals surface area contributed by atoms with Gasteiger partial charge in [-0.1, -0.05) is 23.7 Å². The first-order valence-electron chi connectivity index (χ1n) is 8.55. The van der Waals surface area contributed by atoms with Crippen molar-refractivity contribution in [2.24, 2.45) is 0 Å². The highest BCUT2D eigenvalue weighted by Gasteiger charge is 2.33. The average Bonchev–Trinajstić information content (AvgIpc) is 3.23. The summed E-state index contributed by atoms with van der Waals surface area (Å²) in [6.45, 7) is 1.63. The third-order valence-electron chi connectivity index (χ3n) is 4.57. The lowest BCUT2D eigenvalue weighted by Crippen LogP contribution is -2.07. The number of aryl methyl sites for hydroxylation is 1. The van der Waals surface area contributed by atoms with Gasteiger partial charge in [0.1, 0.15) is 21.6 Å². The smallest absolute Gasteiger partial charge is 0.234 e. The average molecular weight is 434 g/mol. The lowest BCUT2D eigenvalue weighted by molar-refractivity contribution is -0.141. The summed E-state index contributed by atoms with van der Waals surface area (Å²) in [5.74, 6) is 0.583. The van der Waals surface area contributed by atoms with E-state index in [0.717, 1.165) is 23.0 Å². The summed E-state index contributed by atoms with van der Waals surface area (Å²) in [5, 5.41) is 5.71. The van der Waals surface area contributed by atoms with Gasteiger partial charge in [0.15, 0.2) is 11.5 Å². The van der Waals surface area contributed by atoms with Gasteiger partial charge in [0, 0.05) is 16.8 Å². The van der Waals surface area contributed by atoms with Crippen molar-refractivity contribution in [2.75, 3.05) is 0 Å². The first-order valence-corrected chi connectivity index (χ1v) is 9.75. The van der Waals surface area contributed by atoms with E-state index < -0.39 is 11.9 Å². The fraction of sp³-hybridized carbons (Fsp3) is 0.158. The lowest BCUT2D eigenvalue weighted by Gasteiger charge is -2.06. The van der Waals surface area contributed by atoms with Gasteiger partial charge in [0.05, 0.1) is 5.52 Å². The zero-order valence-corrected chi connectivity index (χ0v) is 16.4. The monoisotopic (exact) mass is 433 g/mol. The SMILES string of the molecule is Cc1cc(C(F)(F)F)nc2sc3c(ncn4nc(Cc5ccc(Cl)cc5)nc34)c12. The number of nitrogens with zero attached hydrogens (tertiary/aromatic N) is 5. The van der Waals surface area contributed by atoms with Gasteiger partial charge in [-0.05, 0) is 36.2 Å². The number of alkyl halides is 3. The van der Waals surface area contributed by atoms with Crippen LogP contribution in [0.3, 0.4) is 0 Å². The Hall–Kier alpha value is -2.78. The molecule has 0 spiro atoms. The molecule has 1 aromatic carbocycles. The summed E-state index contributed by atoms with van der Waals surface area (Å²) in [6.07, 6.45) is -2.47. The van der Waals surface area contributed by atoms with Gasteiger partial charge < -0.3 is 0 Å². The van der Waals surface area contributed by atoms with Crippen LogP contribution >= 0.6 is 22.9 Å². The largest absolute Gasteiger partial charge is 0.433 e. The maximum absolute atomic E-state index is 13.1. The predicted molar refractivity (Wildman–Crippen MR) is 105 cm³/mol. The van der Waals surface area contributed by atoms with Crippen LogP contribution in [0.25, 0.3) is 26.1 Å². The van der Waals surface area contributed by atoms with E-state index in [4.69, 9.17) is 11.6 Å². The first-order chi connectivity index (χ1) is 13.8. The highest BCUT2D eigenvalue weighted by molar-refractivity contribution is 7.26. The molecule has 5 rings (SSSR count). The van der Waals surface area contributed by atoms with Crippen molar-refractivity contribution in [3.05, 3.63) is 64.3 Å². The van der Waals surface area contributed by atoms with Crippen molar-refractivity contribution in [2.45, 2.75) is 19.5 Å². The van der Waals surface area contributed by atoms with Crippen LogP contribution in [0, 0.1) is 6.92 Å². The van der Waals surface area contributed by atoms with Crippen LogP contribution in [0.15, 0.2) is 36.7 Å². The molecule has 0 radical (unpaired) electrons. The number of pyridine rings is 1. The van der Waals surface area contributed by atoms with Crippen LogP contribution in [-0.2, 0) is 12.6 Å². The summed E-state index contributed by atoms with van der Waals surface area (Å²) in [6, 6.07) is 8.44. The topological polar surface area (TPSA) is 56.0 Å². The van der Waals surface area contributed by atoms with E-state index in [1.165, 1.54) is 6.33 Å². The van der Waals surface area contributed by atoms with Crippen LogP contribution in [0.2, 0.25) is 5.02 Å². The summed E-state index contributed by atoms with van der Waals surface area (Å²) in [4.78, 5) is 13.1. The fourth-order valence-electron chi connectivity index (χ4n) is 3.26. The van der Waals surface area contributed by atoms with Crippen LogP contribution in [0.5, 0.6) is 0 Å². The highest BCUT2D eigenvalue weighted by Crippen LogP contribution is 2.38. The van der Waals surface area contributed by atoms with Gasteiger partial charge in [0.25, 0.3) is 0 Å². The second kappa shape index (κ2) is 6.36. The summed E-state index contributed by atoms with van der Waals surface area (Å²) in [7, 11) is 0. The molecule has 0 saturated heterocycles. The van der Waals surface area contributed by atoms with E-state index in [1.54, 1.807) is 23.6 Å². The molecular formula is C19H11ClF3N5S. The standard InChI is InChI=1S/C19H11ClF3N5S/c1-9-6-12(19(21,22)23)25-18-14(9)15-16(29-18)17-26-13(27-28(17)8-24-15)7-10-2-4-11(20)5-3-10/h2-6,8H,7H2,1H3. The van der Waals surface area contributed by atoms with E-state index >= 15 is 0 Å². The Morgan fingerprint density at radius 1 is 1.14 bits per heavy atom. The molecule has 0 aliphatic rings. The summed E-state index contributed by atoms with van der Waals surface area (Å²) >= 11 is 7.06. The molecule has 4 aromatic heterocycles. The van der Waals surface area contributed by atoms with Gasteiger partial charge in [-0.2, -0.15) is 13.2 Å². The third-order valence-corrected chi connectivity index (χ3v) is 5.90. The quantitative estimate of drug-likeness (QED) is 0.371. The van der Waals surface area contributed by atoms with Crippen molar-refractivity contribution in [1.29, 1.82) is 0 Å². The molecule has 0 amide bonds. The van der Waals surface area contributed by atoms with E-state index in [2.05, 4.69) is 20.1 Å². The molecule has 29 heavy (non-hydrogen) atoms. The number of benzene rings is 1. The van der Waals surface area contributed by atoms with Crippen LogP contribution in [0.1, 0.15) is 22.6 Å². The van der Waals surface area contributed by atoms with E-state index in [1.807, 2.05) is 12.1 Å². The molecule has 0 bridgehead atoms. The molecule has 4 heterocycles. The van der Waals surface area contributed by atoms with Crippen molar-refractivity contribution >= 4 is 49.0 Å². The zero-order chi connectivity index (χ0) is 20.3. The number of rotatable bonds is 2. The minimum atomic E-state index is -4.50. The van der Waals surface area contributed by atoms with Crippen LogP contribution < -0.4 is 0 Å². The van der Waals surface area contributed by atoms with E-state index in [-0.39, 0.29) is 4.83 Å². The Kier molecular flexibility index (Phi) is 4.01. The van der Waals surface area contributed by atoms with Crippen molar-refractivity contribution in [3.63, 3.8) is 0 Å². The molecule has 0 aliphatic carbocycles. The Labute approximate surface area is 170 Å². The molecule has 0 atom stereocenters. The number of fused-ring (bicyclic) bond motifs is 5. The number of hydrogen-bond donors (Lipinski definition) is 0. The molecule has 10 heteroatoms. The van der Waals surface area contributed by atoms with Gasteiger partial charge in [-0.3, -0.25) is 0 Å². The minimum absolute atomic E-state index is 0.287. The number of hydrogen-bond acceptors (Lipinski definition) is 5. The maximum Gasteiger partial charge on any atom is 0.433 e. The predicted octanol–water partition coefficient (Wildman–Crippen LogP) is 5.46. The van der Waals surface area contributed by atoms with E-state index in [9.17, 15) is 13.2 Å². The van der Waals surface area contributed by atoms with Crippen molar-refractivity contribution in [3.8, 4) is 0 Å². The minimum Gasteiger partial charge on any atom is -0.234 e. The summed E-state index contributed by atoms with van der Waals surface area (Å²) < 4.78 is 41.6. The van der Waals surface area contributed by atoms with Crippen molar-refractivity contribution in [1.82, 2.24) is 24.6 Å². The molecule has 5 aromatic rings. The van der Waals surface area contributed by atoms with Crippen LogP contribution in [0.4, 0.5) is 13.2 Å². The highest BCUT2D eigenvalue weighted by atomic mass is 35.5. The fourth-order valence-corrected chi connectivity index (χ4v) is 4.56. The molecule has 0 aliphatic heterocycles. The molecule has 0 N–H and O–H groups in total. The molecule has 146 valence electrons. The second-order valence-corrected chi connectivity index (χ2v) is 8.06. The molecular weight excluding hydrogens is 423 g/mol. The van der Waals surface area contributed by atoms with Crippen molar-refractivity contribution < 1.29 is 13.2 Å². The summed E-state index contributed by atoms with van der Waals surface area (Å²) in [5.41, 5.74) is 1.70. The third kappa shape index (κ3) is 3.10. The Morgan fingerprint density at radius 3 is 2.62 bits per heavy atom. The number of halogens is 4. The van der Waals surface area contributed by atoms with Gasteiger partial charge in [-0.15, -0.1) is 16.4 Å². The molecule has 0 saturated carbocycles.